The highest BCUT2D eigenvalue weighted by Gasteiger charge is 2.41. The van der Waals surface area contributed by atoms with Gasteiger partial charge in [-0.1, -0.05) is 0 Å². The lowest BCUT2D eigenvalue weighted by atomic mass is 9.73. The molecule has 3 aliphatic heterocycles. The Labute approximate surface area is 285 Å². The molecule has 7 rings (SSSR count). The van der Waals surface area contributed by atoms with Crippen LogP contribution in [0.1, 0.15) is 96.3 Å². The van der Waals surface area contributed by atoms with Gasteiger partial charge in [0.1, 0.15) is 0 Å². The standard InChI is InChI=1S/C36H57N9O3/c46-34(43-28-7-1-22(2-8-28)31-37-13-14-38-31)25-19-26(35(47)44-29-9-3-23(4-10-29)32-39-15-16-40-32)21-27(20-25)36(48)45-30-11-5-24(6-12-30)33-41-17-18-42-33/h22-30H,1-21H2,(H,37,38)(H,39,40)(H,41,42)(H,43,46)(H,44,47)(H,45,48). The summed E-state index contributed by atoms with van der Waals surface area (Å²) >= 11 is 0. The molecule has 3 amide bonds. The molecule has 48 heavy (non-hydrogen) atoms. The number of hydrogen-bond donors (Lipinski definition) is 6. The first-order chi connectivity index (χ1) is 23.5. The lowest BCUT2D eigenvalue weighted by Crippen LogP contribution is -2.50. The molecule has 12 nitrogen and oxygen atoms in total. The van der Waals surface area contributed by atoms with Gasteiger partial charge >= 0.3 is 0 Å². The van der Waals surface area contributed by atoms with E-state index in [-0.39, 0.29) is 53.6 Å². The van der Waals surface area contributed by atoms with E-state index in [0.29, 0.717) is 37.0 Å². The normalized spacial score (nSPS) is 36.8. The van der Waals surface area contributed by atoms with Crippen molar-refractivity contribution in [2.45, 2.75) is 114 Å². The summed E-state index contributed by atoms with van der Waals surface area (Å²) in [5, 5.41) is 20.3. The van der Waals surface area contributed by atoms with E-state index in [1.165, 1.54) is 0 Å². The molecule has 0 aromatic heterocycles. The van der Waals surface area contributed by atoms with Crippen LogP contribution in [0.2, 0.25) is 0 Å². The molecule has 7 aliphatic rings. The zero-order valence-corrected chi connectivity index (χ0v) is 28.6. The topological polar surface area (TPSA) is 160 Å². The summed E-state index contributed by atoms with van der Waals surface area (Å²) < 4.78 is 0. The molecule has 0 spiro atoms. The Morgan fingerprint density at radius 3 is 0.938 bits per heavy atom. The third-order valence-electron chi connectivity index (χ3n) is 12.3. The molecule has 3 heterocycles. The molecule has 0 saturated heterocycles. The summed E-state index contributed by atoms with van der Waals surface area (Å²) in [6, 6.07) is 0.418. The summed E-state index contributed by atoms with van der Waals surface area (Å²) in [5.41, 5.74) is 0. The van der Waals surface area contributed by atoms with Crippen molar-refractivity contribution >= 4 is 35.2 Å². The van der Waals surface area contributed by atoms with Crippen LogP contribution in [-0.2, 0) is 14.4 Å². The van der Waals surface area contributed by atoms with Crippen LogP contribution in [0.25, 0.3) is 0 Å². The first kappa shape index (κ1) is 33.3. The van der Waals surface area contributed by atoms with Crippen LogP contribution in [0.15, 0.2) is 15.0 Å². The number of rotatable bonds is 9. The fourth-order valence-corrected chi connectivity index (χ4v) is 9.52. The predicted molar refractivity (Wildman–Crippen MR) is 187 cm³/mol. The fraction of sp³-hybridized carbons (Fsp3) is 0.833. The molecule has 0 atom stereocenters. The Balaban J connectivity index is 0.945. The third kappa shape index (κ3) is 8.16. The molecule has 0 bridgehead atoms. The number of aliphatic imine (C=N–C) groups is 3. The van der Waals surface area contributed by atoms with Crippen molar-refractivity contribution in [3.63, 3.8) is 0 Å². The number of amidine groups is 3. The van der Waals surface area contributed by atoms with Gasteiger partial charge in [-0.15, -0.1) is 0 Å². The van der Waals surface area contributed by atoms with Crippen molar-refractivity contribution in [1.82, 2.24) is 31.9 Å². The minimum atomic E-state index is -0.340. The molecule has 0 unspecified atom stereocenters. The van der Waals surface area contributed by atoms with Gasteiger partial charge in [0, 0.05) is 73.3 Å². The van der Waals surface area contributed by atoms with E-state index in [4.69, 9.17) is 0 Å². The Morgan fingerprint density at radius 1 is 0.438 bits per heavy atom. The van der Waals surface area contributed by atoms with E-state index in [2.05, 4.69) is 46.9 Å². The van der Waals surface area contributed by atoms with Crippen molar-refractivity contribution in [1.29, 1.82) is 0 Å². The van der Waals surface area contributed by atoms with E-state index >= 15 is 0 Å². The minimum absolute atomic E-state index is 0.0146. The van der Waals surface area contributed by atoms with Crippen LogP contribution in [0.3, 0.4) is 0 Å². The maximum Gasteiger partial charge on any atom is 0.223 e. The van der Waals surface area contributed by atoms with E-state index in [9.17, 15) is 14.4 Å². The summed E-state index contributed by atoms with van der Waals surface area (Å²) in [6.45, 7) is 5.38. The van der Waals surface area contributed by atoms with E-state index in [1.807, 2.05) is 0 Å². The SMILES string of the molecule is O=C(NC1CCC(C2=NCCN2)CC1)C1CC(C(=O)NC2CCC(C3=NCCN3)CC2)CC(C(=O)NC2CCC(C3=NCCN3)CC2)C1. The molecule has 4 saturated carbocycles. The zero-order valence-electron chi connectivity index (χ0n) is 28.6. The lowest BCUT2D eigenvalue weighted by molar-refractivity contribution is -0.136. The predicted octanol–water partition coefficient (Wildman–Crippen LogP) is 2.05. The molecule has 0 aromatic rings. The Morgan fingerprint density at radius 2 is 0.708 bits per heavy atom. The van der Waals surface area contributed by atoms with E-state index < -0.39 is 0 Å². The van der Waals surface area contributed by atoms with Gasteiger partial charge in [-0.3, -0.25) is 29.4 Å². The van der Waals surface area contributed by atoms with Gasteiger partial charge in [-0.25, -0.2) is 0 Å². The third-order valence-corrected chi connectivity index (χ3v) is 12.3. The van der Waals surface area contributed by atoms with Crippen LogP contribution >= 0.6 is 0 Å². The average Bonchev–Trinajstić information content (AvgIpc) is 3.94. The maximum absolute atomic E-state index is 13.8. The largest absolute Gasteiger partial charge is 0.372 e. The number of nitrogens with one attached hydrogen (secondary N) is 6. The second kappa shape index (κ2) is 15.6. The Kier molecular flexibility index (Phi) is 10.8. The van der Waals surface area contributed by atoms with Crippen LogP contribution < -0.4 is 31.9 Å². The van der Waals surface area contributed by atoms with Crippen LogP contribution in [0.4, 0.5) is 0 Å². The highest BCUT2D eigenvalue weighted by atomic mass is 16.2. The summed E-state index contributed by atoms with van der Waals surface area (Å²) in [4.78, 5) is 55.3. The van der Waals surface area contributed by atoms with Gasteiger partial charge in [0.2, 0.25) is 17.7 Å². The zero-order chi connectivity index (χ0) is 32.9. The number of hydrogen-bond acceptors (Lipinski definition) is 9. The minimum Gasteiger partial charge on any atom is -0.372 e. The second-order valence-electron chi connectivity index (χ2n) is 15.6. The smallest absolute Gasteiger partial charge is 0.223 e. The Hall–Kier alpha value is -3.18. The Bertz CT molecular complexity index is 1100. The number of nitrogens with zero attached hydrogens (tertiary/aromatic N) is 3. The van der Waals surface area contributed by atoms with Gasteiger partial charge in [-0.05, 0) is 96.3 Å². The summed E-state index contributed by atoms with van der Waals surface area (Å²) in [6.07, 6.45) is 13.3. The monoisotopic (exact) mass is 663 g/mol. The summed E-state index contributed by atoms with van der Waals surface area (Å²) in [5.74, 6) is 3.85. The van der Waals surface area contributed by atoms with Gasteiger partial charge in [0.05, 0.1) is 37.1 Å². The highest BCUT2D eigenvalue weighted by Crippen LogP contribution is 2.36. The molecule has 0 radical (unpaired) electrons. The molecule has 0 aromatic carbocycles. The summed E-state index contributed by atoms with van der Waals surface area (Å²) in [7, 11) is 0. The first-order valence-electron chi connectivity index (χ1n) is 19.2. The van der Waals surface area contributed by atoms with Crippen molar-refractivity contribution in [3.05, 3.63) is 0 Å². The molecule has 6 N–H and O–H groups in total. The van der Waals surface area contributed by atoms with Crippen molar-refractivity contribution in [2.75, 3.05) is 39.3 Å². The highest BCUT2D eigenvalue weighted by molar-refractivity contribution is 5.88. The van der Waals surface area contributed by atoms with Gasteiger partial charge in [0.15, 0.2) is 0 Å². The fourth-order valence-electron chi connectivity index (χ4n) is 9.52. The van der Waals surface area contributed by atoms with Crippen molar-refractivity contribution in [2.24, 2.45) is 50.5 Å². The maximum atomic E-state index is 13.8. The molecule has 4 aliphatic carbocycles. The quantitative estimate of drug-likeness (QED) is 0.222. The second-order valence-corrected chi connectivity index (χ2v) is 15.6. The van der Waals surface area contributed by atoms with Gasteiger partial charge < -0.3 is 31.9 Å². The average molecular weight is 664 g/mol. The van der Waals surface area contributed by atoms with Crippen LogP contribution in [-0.4, -0.2) is 92.6 Å². The van der Waals surface area contributed by atoms with E-state index in [1.54, 1.807) is 0 Å². The van der Waals surface area contributed by atoms with Gasteiger partial charge in [0.25, 0.3) is 0 Å². The van der Waals surface area contributed by atoms with Gasteiger partial charge in [-0.2, -0.15) is 0 Å². The van der Waals surface area contributed by atoms with Crippen LogP contribution in [0.5, 0.6) is 0 Å². The lowest BCUT2D eigenvalue weighted by Gasteiger charge is -2.37. The number of carbonyl (C=O) groups is 3. The first-order valence-corrected chi connectivity index (χ1v) is 19.2. The molecule has 264 valence electrons. The molecule has 12 heteroatoms. The van der Waals surface area contributed by atoms with Crippen molar-refractivity contribution in [3.8, 4) is 0 Å². The molecular weight excluding hydrogens is 606 g/mol. The molecular formula is C36H57N9O3. The number of amides is 3. The molecule has 4 fully saturated rings. The van der Waals surface area contributed by atoms with E-state index in [0.717, 1.165) is 134 Å². The van der Waals surface area contributed by atoms with Crippen LogP contribution in [0, 0.1) is 35.5 Å². The van der Waals surface area contributed by atoms with Crippen molar-refractivity contribution < 1.29 is 14.4 Å². The number of carbonyl (C=O) groups excluding carboxylic acids is 3.